The van der Waals surface area contributed by atoms with Crippen LogP contribution in [0.5, 0.6) is 5.75 Å². The lowest BCUT2D eigenvalue weighted by molar-refractivity contribution is 0.0806. The summed E-state index contributed by atoms with van der Waals surface area (Å²) < 4.78 is 8.63. The van der Waals surface area contributed by atoms with Gasteiger partial charge in [-0.3, -0.25) is 9.47 Å². The van der Waals surface area contributed by atoms with Gasteiger partial charge in [-0.25, -0.2) is 0 Å². The zero-order valence-electron chi connectivity index (χ0n) is 19.6. The maximum Gasteiger partial charge on any atom is 0.140 e. The Morgan fingerprint density at radius 2 is 1.68 bits per heavy atom. The summed E-state index contributed by atoms with van der Waals surface area (Å²) in [5.41, 5.74) is 3.07. The van der Waals surface area contributed by atoms with E-state index in [1.54, 1.807) is 0 Å². The van der Waals surface area contributed by atoms with E-state index < -0.39 is 0 Å². The van der Waals surface area contributed by atoms with Crippen molar-refractivity contribution in [1.82, 2.24) is 24.6 Å². The van der Waals surface area contributed by atoms with Crippen LogP contribution in [0.1, 0.15) is 35.3 Å². The summed E-state index contributed by atoms with van der Waals surface area (Å²) in [7, 11) is 2.18. The van der Waals surface area contributed by atoms with Gasteiger partial charge in [0.25, 0.3) is 0 Å². The minimum atomic E-state index is -0.212. The molecule has 0 saturated carbocycles. The quantitative estimate of drug-likeness (QED) is 0.453. The lowest BCUT2D eigenvalue weighted by Crippen LogP contribution is -2.42. The first-order valence-electron chi connectivity index (χ1n) is 11.6. The van der Waals surface area contributed by atoms with Crippen molar-refractivity contribution in [3.05, 3.63) is 68.2 Å². The first-order chi connectivity index (χ1) is 16.3. The number of aromatic nitrogens is 3. The summed E-state index contributed by atoms with van der Waals surface area (Å²) in [5, 5.41) is 10.2. The molecule has 9 heteroatoms. The lowest BCUT2D eigenvalue weighted by Gasteiger charge is -2.32. The van der Waals surface area contributed by atoms with E-state index in [-0.39, 0.29) is 12.1 Å². The van der Waals surface area contributed by atoms with Crippen LogP contribution in [0.4, 0.5) is 0 Å². The number of rotatable bonds is 4. The molecule has 1 aliphatic heterocycles. The second kappa shape index (κ2) is 9.67. The van der Waals surface area contributed by atoms with E-state index in [2.05, 4.69) is 27.0 Å². The molecule has 0 amide bonds. The fourth-order valence-corrected chi connectivity index (χ4v) is 5.99. The van der Waals surface area contributed by atoms with Crippen LogP contribution in [0.2, 0.25) is 15.1 Å². The summed E-state index contributed by atoms with van der Waals surface area (Å²) in [4.78, 5) is 4.91. The highest BCUT2D eigenvalue weighted by molar-refractivity contribution is 6.35. The molecule has 6 nitrogen and oxygen atoms in total. The van der Waals surface area contributed by atoms with Crippen molar-refractivity contribution in [1.29, 1.82) is 0 Å². The average Bonchev–Trinajstić information content (AvgIpc) is 3.22. The third kappa shape index (κ3) is 4.54. The number of fused-ring (bicyclic) bond motifs is 1. The number of hydrogen-bond donors (Lipinski definition) is 0. The highest BCUT2D eigenvalue weighted by Crippen LogP contribution is 2.44. The third-order valence-corrected chi connectivity index (χ3v) is 7.75. The largest absolute Gasteiger partial charge is 0.482 e. The van der Waals surface area contributed by atoms with Crippen molar-refractivity contribution in [3.63, 3.8) is 0 Å². The van der Waals surface area contributed by atoms with Gasteiger partial charge in [-0.2, -0.15) is 0 Å². The fourth-order valence-electron chi connectivity index (χ4n) is 5.18. The third-order valence-electron chi connectivity index (χ3n) is 6.90. The zero-order chi connectivity index (χ0) is 24.0. The smallest absolute Gasteiger partial charge is 0.140 e. The van der Waals surface area contributed by atoms with E-state index in [0.717, 1.165) is 67.5 Å². The van der Waals surface area contributed by atoms with Gasteiger partial charge in [0.1, 0.15) is 23.5 Å². The molecule has 0 spiro atoms. The Morgan fingerprint density at radius 3 is 2.41 bits per heavy atom. The lowest BCUT2D eigenvalue weighted by atomic mass is 10.1. The maximum atomic E-state index is 6.75. The van der Waals surface area contributed by atoms with Gasteiger partial charge in [0.05, 0.1) is 16.8 Å². The van der Waals surface area contributed by atoms with Gasteiger partial charge in [-0.1, -0.05) is 34.8 Å². The number of halogens is 3. The Kier molecular flexibility index (Phi) is 6.79. The van der Waals surface area contributed by atoms with Crippen molar-refractivity contribution in [3.8, 4) is 11.4 Å². The molecule has 5 rings (SSSR count). The topological polar surface area (TPSA) is 46.4 Å². The number of hydrogen-bond acceptors (Lipinski definition) is 5. The van der Waals surface area contributed by atoms with Crippen LogP contribution >= 0.6 is 34.8 Å². The Morgan fingerprint density at radius 1 is 0.912 bits per heavy atom. The van der Waals surface area contributed by atoms with E-state index in [1.165, 1.54) is 0 Å². The maximum absolute atomic E-state index is 6.75. The molecule has 2 heterocycles. The molecule has 180 valence electrons. The number of aryl methyl sites for hydroxylation is 2. The molecule has 0 N–H and O–H groups in total. The van der Waals surface area contributed by atoms with Gasteiger partial charge in [0.2, 0.25) is 0 Å². The summed E-state index contributed by atoms with van der Waals surface area (Å²) in [5.74, 6) is 2.25. The van der Waals surface area contributed by atoms with E-state index in [0.29, 0.717) is 20.8 Å². The standard InChI is InChI=1S/C25H28Cl3N5O/c1-15-29-30-16(2)33(15)18-5-6-24(22(28)13-18)34-25-20-11-17(26)12-21(27)19(20)14-23(25)32-8-4-7-31(3)9-10-32/h5-6,11-13,23,25H,4,7-10,14H2,1-3H3. The Labute approximate surface area is 215 Å². The van der Waals surface area contributed by atoms with E-state index in [1.807, 2.05) is 48.7 Å². The summed E-state index contributed by atoms with van der Waals surface area (Å²) in [6.07, 6.45) is 1.74. The second-order valence-electron chi connectivity index (χ2n) is 9.20. The molecule has 2 atom stereocenters. The summed E-state index contributed by atoms with van der Waals surface area (Å²) >= 11 is 19.8. The van der Waals surface area contributed by atoms with Crippen LogP contribution in [0.15, 0.2) is 30.3 Å². The van der Waals surface area contributed by atoms with Crippen LogP contribution in [-0.4, -0.2) is 63.8 Å². The highest BCUT2D eigenvalue weighted by Gasteiger charge is 2.40. The van der Waals surface area contributed by atoms with E-state index in [9.17, 15) is 0 Å². The van der Waals surface area contributed by atoms with Gasteiger partial charge in [-0.15, -0.1) is 10.2 Å². The van der Waals surface area contributed by atoms with Crippen LogP contribution < -0.4 is 4.74 Å². The van der Waals surface area contributed by atoms with Crippen molar-refractivity contribution >= 4 is 34.8 Å². The van der Waals surface area contributed by atoms with Crippen molar-refractivity contribution in [2.45, 2.75) is 38.8 Å². The van der Waals surface area contributed by atoms with Crippen molar-refractivity contribution < 1.29 is 4.74 Å². The van der Waals surface area contributed by atoms with Gasteiger partial charge >= 0.3 is 0 Å². The normalized spacial score (nSPS) is 21.5. The fraction of sp³-hybridized carbons (Fsp3) is 0.440. The number of ether oxygens (including phenoxy) is 1. The molecule has 2 aromatic carbocycles. The first-order valence-corrected chi connectivity index (χ1v) is 12.7. The molecule has 34 heavy (non-hydrogen) atoms. The molecule has 2 unspecified atom stereocenters. The summed E-state index contributed by atoms with van der Waals surface area (Å²) in [6, 6.07) is 9.79. The number of likely N-dealkylation sites (N-methyl/N-ethyl adjacent to an activating group) is 1. The van der Waals surface area contributed by atoms with Crippen LogP contribution in [0.25, 0.3) is 5.69 Å². The zero-order valence-corrected chi connectivity index (χ0v) is 21.8. The van der Waals surface area contributed by atoms with Gasteiger partial charge in [0, 0.05) is 28.7 Å². The van der Waals surface area contributed by atoms with Crippen LogP contribution in [-0.2, 0) is 6.42 Å². The van der Waals surface area contributed by atoms with Crippen molar-refractivity contribution in [2.24, 2.45) is 0 Å². The van der Waals surface area contributed by atoms with Gasteiger partial charge in [0.15, 0.2) is 0 Å². The summed E-state index contributed by atoms with van der Waals surface area (Å²) in [6.45, 7) is 7.98. The predicted octanol–water partition coefficient (Wildman–Crippen LogP) is 5.53. The monoisotopic (exact) mass is 519 g/mol. The molecule has 0 bridgehead atoms. The molecule has 2 aliphatic rings. The van der Waals surface area contributed by atoms with Gasteiger partial charge < -0.3 is 9.64 Å². The molecule has 1 aliphatic carbocycles. The predicted molar refractivity (Wildman–Crippen MR) is 137 cm³/mol. The first kappa shape index (κ1) is 23.9. The molecule has 1 aromatic heterocycles. The second-order valence-corrected chi connectivity index (χ2v) is 10.5. The molecule has 3 aromatic rings. The highest BCUT2D eigenvalue weighted by atomic mass is 35.5. The molecule has 1 fully saturated rings. The van der Waals surface area contributed by atoms with Crippen LogP contribution in [0.3, 0.4) is 0 Å². The van der Waals surface area contributed by atoms with Crippen LogP contribution in [0, 0.1) is 13.8 Å². The molecule has 1 saturated heterocycles. The van der Waals surface area contributed by atoms with E-state index in [4.69, 9.17) is 39.5 Å². The average molecular weight is 521 g/mol. The minimum Gasteiger partial charge on any atom is -0.482 e. The van der Waals surface area contributed by atoms with Crippen molar-refractivity contribution in [2.75, 3.05) is 33.2 Å². The molecule has 0 radical (unpaired) electrons. The number of benzene rings is 2. The Hall–Kier alpha value is -1.83. The van der Waals surface area contributed by atoms with E-state index >= 15 is 0 Å². The Bertz CT molecular complexity index is 1190. The Balaban J connectivity index is 1.49. The van der Waals surface area contributed by atoms with Gasteiger partial charge in [-0.05, 0) is 82.7 Å². The SMILES string of the molecule is Cc1nnc(C)n1-c1ccc(OC2c3cc(Cl)cc(Cl)c3CC2N2CCCN(C)CC2)c(Cl)c1. The molecular weight excluding hydrogens is 493 g/mol. The molecular formula is C25H28Cl3N5O. The minimum absolute atomic E-state index is 0.163. The number of nitrogens with zero attached hydrogens (tertiary/aromatic N) is 5.